The Kier molecular flexibility index (Phi) is 9.17. The molecule has 2 amide bonds. The van der Waals surface area contributed by atoms with Gasteiger partial charge in [-0.25, -0.2) is 9.59 Å². The Labute approximate surface area is 206 Å². The lowest BCUT2D eigenvalue weighted by Crippen LogP contribution is -2.58. The Hall–Kier alpha value is -3.77. The van der Waals surface area contributed by atoms with Gasteiger partial charge in [0.1, 0.15) is 18.0 Å². The third kappa shape index (κ3) is 7.14. The van der Waals surface area contributed by atoms with Crippen molar-refractivity contribution < 1.29 is 47.3 Å². The lowest BCUT2D eigenvalue weighted by Gasteiger charge is -2.40. The van der Waals surface area contributed by atoms with E-state index in [9.17, 15) is 47.4 Å². The van der Waals surface area contributed by atoms with Crippen LogP contribution in [0, 0.1) is 0 Å². The fourth-order valence-electron chi connectivity index (χ4n) is 3.35. The van der Waals surface area contributed by atoms with E-state index in [1.165, 1.54) is 6.92 Å². The van der Waals surface area contributed by atoms with E-state index in [4.69, 9.17) is 11.5 Å². The summed E-state index contributed by atoms with van der Waals surface area (Å²) >= 11 is 0. The molecule has 0 saturated heterocycles. The Morgan fingerprint density at radius 1 is 1.27 bits per heavy atom. The molecule has 0 saturated carbocycles. The molecule has 0 spiro atoms. The minimum Gasteiger partial charge on any atom is -0.391 e. The zero-order valence-corrected chi connectivity index (χ0v) is 19.5. The Morgan fingerprint density at radius 2 is 1.89 bits per heavy atom. The summed E-state index contributed by atoms with van der Waals surface area (Å²) in [7, 11) is 0. The van der Waals surface area contributed by atoms with Gasteiger partial charge in [-0.15, -0.1) is 0 Å². The molecule has 0 radical (unpaired) electrons. The van der Waals surface area contributed by atoms with E-state index in [-0.39, 0.29) is 30.4 Å². The molecule has 0 bridgehead atoms. The molecule has 0 fully saturated rings. The fraction of sp³-hybridized carbons (Fsp3) is 0.579. The number of fused-ring (bicyclic) bond motifs is 1. The Balaban J connectivity index is 2.11. The predicted octanol–water partition coefficient (Wildman–Crippen LogP) is -2.53. The van der Waals surface area contributed by atoms with Gasteiger partial charge in [-0.1, -0.05) is 0 Å². The Morgan fingerprint density at radius 3 is 2.46 bits per heavy atom. The van der Waals surface area contributed by atoms with Crippen LogP contribution in [-0.2, 0) is 23.9 Å². The first kappa shape index (κ1) is 29.5. The van der Waals surface area contributed by atoms with Gasteiger partial charge in [-0.3, -0.25) is 19.3 Å². The summed E-state index contributed by atoms with van der Waals surface area (Å²) in [5.74, 6) is -6.51. The molecule has 0 aliphatic carbocycles. The fourth-order valence-corrected chi connectivity index (χ4v) is 3.35. The number of nitrogens with two attached hydrogens (primary N) is 2. The molecule has 5 atom stereocenters. The molecule has 18 heteroatoms. The predicted molar refractivity (Wildman–Crippen MR) is 119 cm³/mol. The zero-order chi connectivity index (χ0) is 28.2. The molecule has 1 aromatic rings. The smallest absolute Gasteiger partial charge is 0.391 e. The molecule has 2 rings (SSSR count). The largest absolute Gasteiger partial charge is 0.491 e. The number of esters is 2. The van der Waals surface area contributed by atoms with Crippen molar-refractivity contribution in [3.8, 4) is 0 Å². The van der Waals surface area contributed by atoms with Crippen molar-refractivity contribution in [2.45, 2.75) is 63.2 Å². The number of carbonyl (C=O) groups is 4. The number of anilines is 3. The average Bonchev–Trinajstić information content (AvgIpc) is 2.79. The van der Waals surface area contributed by atoms with E-state index >= 15 is 0 Å². The maximum absolute atomic E-state index is 13.1. The first-order valence-electron chi connectivity index (χ1n) is 10.7. The van der Waals surface area contributed by atoms with Crippen LogP contribution in [0.3, 0.4) is 0 Å². The van der Waals surface area contributed by atoms with Crippen LogP contribution in [0.2, 0.25) is 0 Å². The van der Waals surface area contributed by atoms with Crippen LogP contribution in [0.25, 0.3) is 0 Å². The van der Waals surface area contributed by atoms with Crippen molar-refractivity contribution in [2.24, 2.45) is 5.73 Å². The van der Waals surface area contributed by atoms with Crippen LogP contribution < -0.4 is 32.6 Å². The van der Waals surface area contributed by atoms with E-state index < -0.39 is 72.2 Å². The molecular weight excluding hydrogens is 511 g/mol. The number of halogens is 3. The van der Waals surface area contributed by atoms with Gasteiger partial charge in [0.05, 0.1) is 18.2 Å². The number of carbonyl (C=O) groups excluding carboxylic acids is 4. The average molecular weight is 537 g/mol. The van der Waals surface area contributed by atoms with Crippen LogP contribution in [0.15, 0.2) is 4.79 Å². The van der Waals surface area contributed by atoms with Gasteiger partial charge in [0.25, 0.3) is 0 Å². The van der Waals surface area contributed by atoms with Gasteiger partial charge in [0.2, 0.25) is 17.8 Å². The number of nitrogen functional groups attached to an aromatic ring is 1. The van der Waals surface area contributed by atoms with Gasteiger partial charge in [0, 0.05) is 13.0 Å². The minimum absolute atomic E-state index is 0.0303. The summed E-state index contributed by atoms with van der Waals surface area (Å²) in [5, 5.41) is 25.0. The van der Waals surface area contributed by atoms with Gasteiger partial charge < -0.3 is 42.0 Å². The van der Waals surface area contributed by atoms with Gasteiger partial charge in [0.15, 0.2) is 5.69 Å². The second-order valence-corrected chi connectivity index (χ2v) is 8.18. The van der Waals surface area contributed by atoms with Crippen LogP contribution in [0.1, 0.15) is 26.7 Å². The van der Waals surface area contributed by atoms with Crippen LogP contribution >= 0.6 is 0 Å². The lowest BCUT2D eigenvalue weighted by molar-refractivity contribution is -0.202. The highest BCUT2D eigenvalue weighted by Crippen LogP contribution is 2.29. The third-order valence-electron chi connectivity index (χ3n) is 5.28. The highest BCUT2D eigenvalue weighted by atomic mass is 19.4. The van der Waals surface area contributed by atoms with Crippen molar-refractivity contribution in [2.75, 3.05) is 22.5 Å². The summed E-state index contributed by atoms with van der Waals surface area (Å²) in [5.41, 5.74) is 10.0. The van der Waals surface area contributed by atoms with Crippen LogP contribution in [0.4, 0.5) is 30.6 Å². The van der Waals surface area contributed by atoms with Crippen molar-refractivity contribution in [1.29, 1.82) is 0 Å². The van der Waals surface area contributed by atoms with E-state index in [0.717, 1.165) is 11.8 Å². The molecule has 37 heavy (non-hydrogen) atoms. The maximum atomic E-state index is 13.1. The van der Waals surface area contributed by atoms with Gasteiger partial charge >= 0.3 is 23.7 Å². The van der Waals surface area contributed by atoms with Crippen molar-refractivity contribution in [3.05, 3.63) is 10.4 Å². The van der Waals surface area contributed by atoms with Crippen molar-refractivity contribution in [3.63, 3.8) is 0 Å². The number of amides is 2. The number of rotatable bonds is 8. The van der Waals surface area contributed by atoms with Crippen molar-refractivity contribution >= 4 is 41.2 Å². The standard InChI is InChI=1S/C19H26F3N7O8/c1-6(16(35)37-17(36)19(20,21)22)26-14(33)8(23)3-4-10(31)29-9(12(32)7(2)30)5-25-13-11(29)15(34)28-18(24)27-13/h6-9,12,30,32H,3-5,23H2,1-2H3,(H,26,33)(H4,24,25,27,28,34). The van der Waals surface area contributed by atoms with E-state index in [1.54, 1.807) is 0 Å². The maximum Gasteiger partial charge on any atom is 0.491 e. The number of H-pyrrole nitrogens is 1. The SMILES string of the molecule is CC(NC(=O)C(N)CCC(=O)N1c2c([nH]c(N)nc2=O)NCC1C(O)C(C)O)C(=O)OC(=O)C(F)(F)F. The number of aromatic amines is 1. The number of nitrogens with zero attached hydrogens (tertiary/aromatic N) is 2. The molecular formula is C19H26F3N7O8. The highest BCUT2D eigenvalue weighted by molar-refractivity contribution is 5.98. The third-order valence-corrected chi connectivity index (χ3v) is 5.28. The summed E-state index contributed by atoms with van der Waals surface area (Å²) in [4.78, 5) is 67.2. The topological polar surface area (TPSA) is 243 Å². The number of hydrogen-bond acceptors (Lipinski definition) is 12. The van der Waals surface area contributed by atoms with Crippen LogP contribution in [0.5, 0.6) is 0 Å². The van der Waals surface area contributed by atoms with Crippen LogP contribution in [-0.4, -0.2) is 87.0 Å². The molecule has 5 unspecified atom stereocenters. The quantitative estimate of drug-likeness (QED) is 0.134. The Bertz CT molecular complexity index is 1110. The molecule has 1 aliphatic heterocycles. The summed E-state index contributed by atoms with van der Waals surface area (Å²) < 4.78 is 40.3. The first-order valence-corrected chi connectivity index (χ1v) is 10.7. The molecule has 1 aromatic heterocycles. The minimum atomic E-state index is -5.42. The normalized spacial score (nSPS) is 18.5. The monoisotopic (exact) mass is 537 g/mol. The molecule has 15 nitrogen and oxygen atoms in total. The second-order valence-electron chi connectivity index (χ2n) is 8.18. The summed E-state index contributed by atoms with van der Waals surface area (Å²) in [6.45, 7) is 2.11. The number of aliphatic hydroxyl groups excluding tert-OH is 2. The second kappa shape index (κ2) is 11.5. The van der Waals surface area contributed by atoms with Crippen molar-refractivity contribution in [1.82, 2.24) is 15.3 Å². The number of ether oxygens (including phenoxy) is 1. The molecule has 9 N–H and O–H groups in total. The van der Waals surface area contributed by atoms with Gasteiger partial charge in [-0.05, 0) is 20.3 Å². The van der Waals surface area contributed by atoms with E-state index in [1.807, 2.05) is 5.32 Å². The molecule has 1 aliphatic rings. The van der Waals surface area contributed by atoms with E-state index in [2.05, 4.69) is 20.0 Å². The number of hydrogen-bond donors (Lipinski definition) is 7. The highest BCUT2D eigenvalue weighted by Gasteiger charge is 2.43. The number of alkyl halides is 3. The summed E-state index contributed by atoms with van der Waals surface area (Å²) in [6, 6.07) is -4.26. The first-order chi connectivity index (χ1) is 17.0. The number of nitrogens with one attached hydrogen (secondary N) is 3. The van der Waals surface area contributed by atoms with Gasteiger partial charge in [-0.2, -0.15) is 18.2 Å². The van der Waals surface area contributed by atoms with E-state index in [0.29, 0.717) is 0 Å². The molecule has 2 heterocycles. The number of aromatic nitrogens is 2. The summed E-state index contributed by atoms with van der Waals surface area (Å²) in [6.07, 6.45) is -9.06. The number of aliphatic hydroxyl groups is 2. The zero-order valence-electron chi connectivity index (χ0n) is 19.5. The molecule has 0 aromatic carbocycles. The molecule has 206 valence electrons. The lowest BCUT2D eigenvalue weighted by atomic mass is 10.0.